The van der Waals surface area contributed by atoms with Crippen LogP contribution in [0.4, 0.5) is 0 Å². The minimum atomic E-state index is -1.63. The molecule has 2 rings (SSSR count). The number of H-pyrrole nitrogens is 1. The maximum atomic E-state index is 14.4. The molecule has 72 heavy (non-hydrogen) atoms. The van der Waals surface area contributed by atoms with Crippen molar-refractivity contribution in [2.24, 2.45) is 40.9 Å². The second kappa shape index (κ2) is 30.3. The number of hydrogen-bond donors (Lipinski definition) is 13. The average Bonchev–Trinajstić information content (AvgIpc) is 3.70. The van der Waals surface area contributed by atoms with Gasteiger partial charge in [0.25, 0.3) is 0 Å². The molecule has 0 radical (unpaired) electrons. The first-order chi connectivity index (χ1) is 33.7. The van der Waals surface area contributed by atoms with Gasteiger partial charge in [0.15, 0.2) is 0 Å². The van der Waals surface area contributed by atoms with Crippen molar-refractivity contribution < 1.29 is 58.2 Å². The normalized spacial score (nSPS) is 14.8. The summed E-state index contributed by atoms with van der Waals surface area (Å²) in [5, 5.41) is 38.3. The zero-order valence-electron chi connectivity index (χ0n) is 42.8. The molecule has 0 saturated carbocycles. The second-order valence-electron chi connectivity index (χ2n) is 19.7. The van der Waals surface area contributed by atoms with Gasteiger partial charge in [0.05, 0.1) is 6.04 Å². The van der Waals surface area contributed by atoms with Crippen molar-refractivity contribution in [3.8, 4) is 0 Å². The number of unbranched alkanes of at least 4 members (excludes halogenated alkanes) is 1. The van der Waals surface area contributed by atoms with E-state index in [-0.39, 0.29) is 56.4 Å². The summed E-state index contributed by atoms with van der Waals surface area (Å²) in [6.45, 7) is 14.1. The fourth-order valence-corrected chi connectivity index (χ4v) is 7.69. The van der Waals surface area contributed by atoms with E-state index in [2.05, 4.69) is 42.2 Å². The number of carbonyl (C=O) groups excluding carboxylic acids is 8. The van der Waals surface area contributed by atoms with Gasteiger partial charge >= 0.3 is 11.9 Å². The molecule has 0 aliphatic carbocycles. The lowest BCUT2D eigenvalue weighted by molar-refractivity contribution is -0.143. The lowest BCUT2D eigenvalue weighted by atomic mass is 9.99. The van der Waals surface area contributed by atoms with Crippen molar-refractivity contribution in [1.29, 1.82) is 0 Å². The predicted octanol–water partition coefficient (Wildman–Crippen LogP) is 0.179. The van der Waals surface area contributed by atoms with E-state index < -0.39 is 133 Å². The van der Waals surface area contributed by atoms with Crippen LogP contribution in [0.25, 0.3) is 10.9 Å². The first kappa shape index (κ1) is 61.5. The highest BCUT2D eigenvalue weighted by molar-refractivity contribution is 5.98. The summed E-state index contributed by atoms with van der Waals surface area (Å²) in [6, 6.07) is -3.35. The van der Waals surface area contributed by atoms with Crippen LogP contribution in [0.1, 0.15) is 119 Å². The van der Waals surface area contributed by atoms with Gasteiger partial charge in [-0.3, -0.25) is 43.2 Å². The van der Waals surface area contributed by atoms with Crippen LogP contribution in [0, 0.1) is 23.7 Å². The van der Waals surface area contributed by atoms with E-state index in [1.165, 1.54) is 0 Å². The highest BCUT2D eigenvalue weighted by Crippen LogP contribution is 2.20. The van der Waals surface area contributed by atoms with Gasteiger partial charge in [0, 0.05) is 36.4 Å². The lowest BCUT2D eigenvalue weighted by Gasteiger charge is -2.29. The number of aliphatic carboxylic acids is 2. The Morgan fingerprint density at radius 1 is 0.556 bits per heavy atom. The summed E-state index contributed by atoms with van der Waals surface area (Å²) in [6.07, 6.45) is 0.751. The number of nitrogens with two attached hydrogens (primary N) is 3. The van der Waals surface area contributed by atoms with Crippen LogP contribution in [0.15, 0.2) is 30.5 Å². The number of fused-ring (bicyclic) bond motifs is 1. The highest BCUT2D eigenvalue weighted by atomic mass is 16.4. The minimum Gasteiger partial charge on any atom is -0.481 e. The molecule has 0 aliphatic rings. The molecule has 8 amide bonds. The van der Waals surface area contributed by atoms with Crippen LogP contribution in [0.3, 0.4) is 0 Å². The summed E-state index contributed by atoms with van der Waals surface area (Å²) in [7, 11) is 0. The van der Waals surface area contributed by atoms with Gasteiger partial charge in [-0.1, -0.05) is 73.6 Å². The summed E-state index contributed by atoms with van der Waals surface area (Å²) in [5.41, 5.74) is 18.5. The molecule has 1 aromatic carbocycles. The van der Waals surface area contributed by atoms with Crippen LogP contribution in [-0.4, -0.2) is 129 Å². The number of hydrogen-bond acceptors (Lipinski definition) is 12. The third kappa shape index (κ3) is 21.0. The number of amides is 8. The zero-order valence-corrected chi connectivity index (χ0v) is 42.8. The molecule has 0 spiro atoms. The second-order valence-corrected chi connectivity index (χ2v) is 19.7. The number of primary amides is 1. The molecule has 1 aromatic heterocycles. The molecule has 23 nitrogen and oxygen atoms in total. The number of rotatable bonds is 33. The van der Waals surface area contributed by atoms with Crippen LogP contribution in [0.5, 0.6) is 0 Å². The number of carboxylic acids is 2. The van der Waals surface area contributed by atoms with Crippen LogP contribution >= 0.6 is 0 Å². The monoisotopic (exact) mass is 1010 g/mol. The molecule has 0 fully saturated rings. The molecule has 0 unspecified atom stereocenters. The van der Waals surface area contributed by atoms with Gasteiger partial charge in [-0.05, 0) is 86.8 Å². The van der Waals surface area contributed by atoms with Crippen molar-refractivity contribution in [2.45, 2.75) is 168 Å². The van der Waals surface area contributed by atoms with Crippen molar-refractivity contribution in [3.05, 3.63) is 36.0 Å². The minimum absolute atomic E-state index is 0.0186. The van der Waals surface area contributed by atoms with E-state index >= 15 is 0 Å². The van der Waals surface area contributed by atoms with E-state index in [1.54, 1.807) is 73.7 Å². The fourth-order valence-electron chi connectivity index (χ4n) is 7.69. The summed E-state index contributed by atoms with van der Waals surface area (Å²) in [5.74, 6) is -10.4. The van der Waals surface area contributed by atoms with E-state index in [4.69, 9.17) is 17.2 Å². The number of carboxylic acid groups (broad SMARTS) is 2. The van der Waals surface area contributed by atoms with Crippen LogP contribution < -0.4 is 54.4 Å². The molecule has 2 aromatic rings. The molecule has 16 N–H and O–H groups in total. The number of benzene rings is 1. The Morgan fingerprint density at radius 2 is 1.00 bits per heavy atom. The Hall–Kier alpha value is -6.62. The first-order valence-corrected chi connectivity index (χ1v) is 24.6. The van der Waals surface area contributed by atoms with Crippen LogP contribution in [0.2, 0.25) is 0 Å². The summed E-state index contributed by atoms with van der Waals surface area (Å²) < 4.78 is 0. The number of para-hydroxylation sites is 1. The average molecular weight is 1010 g/mol. The quantitative estimate of drug-likeness (QED) is 0.0425. The van der Waals surface area contributed by atoms with E-state index in [9.17, 15) is 58.2 Å². The number of aromatic nitrogens is 1. The zero-order chi connectivity index (χ0) is 54.4. The molecule has 0 saturated heterocycles. The van der Waals surface area contributed by atoms with E-state index in [0.29, 0.717) is 18.4 Å². The lowest BCUT2D eigenvalue weighted by Crippen LogP contribution is -2.60. The standard InChI is InChI=1S/C49H79N11O12/c1-25(2)21-35(57-43(65)34(17-19-39(62)63)55-42(64)33(16-18-38(51)61)56-45(67)36(22-26(3)4)59-48(70)40(52)27(5)6)46(68)58-37(23-29-24-53-31-14-10-9-13-30(29)31)47(69)54-32(15-11-12-20-50)44(66)60-41(28(7)8)49(71)72/h9-10,13-14,24-28,32-37,40-41,53H,11-12,15-23,50,52H2,1-8H3,(H2,51,61)(H,54,69)(H,55,64)(H,56,67)(H,57,65)(H,58,68)(H,59,70)(H,60,66)(H,62,63)(H,71,72)/t32-,33-,34-,35-,36-,37-,40-,41-/m0/s1. The van der Waals surface area contributed by atoms with Gasteiger partial charge < -0.3 is 69.6 Å². The smallest absolute Gasteiger partial charge is 0.326 e. The highest BCUT2D eigenvalue weighted by Gasteiger charge is 2.36. The third-order valence-electron chi connectivity index (χ3n) is 11.8. The Balaban J connectivity index is 2.54. The number of aromatic amines is 1. The number of nitrogens with one attached hydrogen (secondary N) is 8. The Bertz CT molecular complexity index is 2180. The van der Waals surface area contributed by atoms with Crippen molar-refractivity contribution >= 4 is 70.1 Å². The van der Waals surface area contributed by atoms with Crippen LogP contribution in [-0.2, 0) is 54.4 Å². The Labute approximate surface area is 420 Å². The molecule has 8 atom stereocenters. The molecular weight excluding hydrogens is 935 g/mol. The summed E-state index contributed by atoms with van der Waals surface area (Å²) >= 11 is 0. The van der Waals surface area contributed by atoms with Gasteiger partial charge in [0.1, 0.15) is 42.3 Å². The van der Waals surface area contributed by atoms with E-state index in [0.717, 1.165) is 10.9 Å². The molecule has 0 aliphatic heterocycles. The van der Waals surface area contributed by atoms with Gasteiger partial charge in [-0.15, -0.1) is 0 Å². The summed E-state index contributed by atoms with van der Waals surface area (Å²) in [4.78, 5) is 136. The largest absolute Gasteiger partial charge is 0.481 e. The van der Waals surface area contributed by atoms with Gasteiger partial charge in [0.2, 0.25) is 47.3 Å². The van der Waals surface area contributed by atoms with Crippen molar-refractivity contribution in [3.63, 3.8) is 0 Å². The number of carbonyl (C=O) groups is 10. The Kier molecular flexibility index (Phi) is 25.9. The maximum Gasteiger partial charge on any atom is 0.326 e. The SMILES string of the molecule is CC(C)C[C@H](NC(=O)[C@H](CCC(=O)O)NC(=O)[C@H](CCC(N)=O)NC(=O)[C@H](CC(C)C)NC(=O)[C@@H](N)C(C)C)C(=O)N[C@@H](Cc1c[nH]c2ccccc12)C(=O)N[C@@H](CCCCN)C(=O)N[C@H](C(=O)O)C(C)C. The molecule has 23 heteroatoms. The van der Waals surface area contributed by atoms with Gasteiger partial charge in [-0.2, -0.15) is 0 Å². The topological polar surface area (TPSA) is 389 Å². The predicted molar refractivity (Wildman–Crippen MR) is 268 cm³/mol. The van der Waals surface area contributed by atoms with Crippen molar-refractivity contribution in [1.82, 2.24) is 42.2 Å². The first-order valence-electron chi connectivity index (χ1n) is 24.6. The third-order valence-corrected chi connectivity index (χ3v) is 11.8. The Morgan fingerprint density at radius 3 is 1.47 bits per heavy atom. The van der Waals surface area contributed by atoms with Gasteiger partial charge in [-0.25, -0.2) is 4.79 Å². The molecule has 402 valence electrons. The maximum absolute atomic E-state index is 14.4. The molecule has 0 bridgehead atoms. The van der Waals surface area contributed by atoms with Crippen molar-refractivity contribution in [2.75, 3.05) is 6.54 Å². The molecular formula is C49H79N11O12. The fraction of sp³-hybridized carbons (Fsp3) is 0.633. The van der Waals surface area contributed by atoms with E-state index in [1.807, 2.05) is 12.1 Å². The molecule has 1 heterocycles.